The van der Waals surface area contributed by atoms with E-state index in [1.807, 2.05) is 6.92 Å². The van der Waals surface area contributed by atoms with Crippen LogP contribution in [0.3, 0.4) is 0 Å². The van der Waals surface area contributed by atoms with Gasteiger partial charge in [-0.3, -0.25) is 4.79 Å². The molecule has 0 aliphatic heterocycles. The van der Waals surface area contributed by atoms with Crippen molar-refractivity contribution in [3.8, 4) is 0 Å². The summed E-state index contributed by atoms with van der Waals surface area (Å²) in [6.45, 7) is 10.5. The van der Waals surface area contributed by atoms with Crippen molar-refractivity contribution in [2.24, 2.45) is 5.92 Å². The van der Waals surface area contributed by atoms with Crippen LogP contribution in [-0.4, -0.2) is 54.0 Å². The van der Waals surface area contributed by atoms with Crippen LogP contribution in [0.15, 0.2) is 0 Å². The molecule has 1 unspecified atom stereocenters. The second-order valence-corrected chi connectivity index (χ2v) is 5.72. The second-order valence-electron chi connectivity index (χ2n) is 5.72. The summed E-state index contributed by atoms with van der Waals surface area (Å²) in [7, 11) is 0. The van der Waals surface area contributed by atoms with E-state index in [2.05, 4.69) is 0 Å². The van der Waals surface area contributed by atoms with Crippen molar-refractivity contribution in [2.75, 3.05) is 26.3 Å². The first-order chi connectivity index (χ1) is 9.17. The first kappa shape index (κ1) is 18.7. The minimum absolute atomic E-state index is 0.135. The molecule has 118 valence electrons. The molecule has 0 saturated carbocycles. The Balaban J connectivity index is 4.52. The maximum atomic E-state index is 12.1. The molecule has 0 fully saturated rings. The molecule has 6 heteroatoms. The fourth-order valence-corrected chi connectivity index (χ4v) is 1.49. The van der Waals surface area contributed by atoms with Crippen molar-refractivity contribution in [2.45, 2.75) is 46.6 Å². The standard InChI is InChI=1S/C14H27NO5/c1-6-19-9-7-8-15(10-11(2)12(16)17)13(18)20-14(3,4)5/h11H,6-10H2,1-5H3,(H,16,17). The van der Waals surface area contributed by atoms with Crippen LogP contribution in [0, 0.1) is 5.92 Å². The van der Waals surface area contributed by atoms with Gasteiger partial charge in [-0.05, 0) is 34.1 Å². The quantitative estimate of drug-likeness (QED) is 0.694. The van der Waals surface area contributed by atoms with E-state index in [1.54, 1.807) is 27.7 Å². The third-order valence-electron chi connectivity index (χ3n) is 2.49. The number of nitrogens with zero attached hydrogens (tertiary/aromatic N) is 1. The predicted molar refractivity (Wildman–Crippen MR) is 75.7 cm³/mol. The molecule has 1 N–H and O–H groups in total. The van der Waals surface area contributed by atoms with Crippen molar-refractivity contribution < 1.29 is 24.2 Å². The fraction of sp³-hybridized carbons (Fsp3) is 0.857. The molecule has 1 amide bonds. The topological polar surface area (TPSA) is 76.1 Å². The number of carbonyl (C=O) groups excluding carboxylic acids is 1. The Morgan fingerprint density at radius 2 is 1.90 bits per heavy atom. The molecule has 0 bridgehead atoms. The second kappa shape index (κ2) is 8.79. The molecule has 0 aromatic heterocycles. The zero-order valence-corrected chi connectivity index (χ0v) is 13.1. The maximum Gasteiger partial charge on any atom is 0.410 e. The van der Waals surface area contributed by atoms with Crippen molar-refractivity contribution in [3.05, 3.63) is 0 Å². The molecular formula is C14H27NO5. The SMILES string of the molecule is CCOCCCN(CC(C)C(=O)O)C(=O)OC(C)(C)C. The minimum Gasteiger partial charge on any atom is -0.481 e. The largest absolute Gasteiger partial charge is 0.481 e. The molecule has 0 heterocycles. The molecule has 0 spiro atoms. The normalized spacial score (nSPS) is 12.8. The van der Waals surface area contributed by atoms with E-state index in [1.165, 1.54) is 4.90 Å². The van der Waals surface area contributed by atoms with E-state index in [9.17, 15) is 9.59 Å². The van der Waals surface area contributed by atoms with E-state index in [-0.39, 0.29) is 6.54 Å². The van der Waals surface area contributed by atoms with E-state index in [4.69, 9.17) is 14.6 Å². The number of carbonyl (C=O) groups is 2. The predicted octanol–water partition coefficient (Wildman–Crippen LogP) is 2.37. The Morgan fingerprint density at radius 1 is 1.30 bits per heavy atom. The van der Waals surface area contributed by atoms with Gasteiger partial charge in [0.15, 0.2) is 0 Å². The Labute approximate surface area is 121 Å². The number of ether oxygens (including phenoxy) is 2. The van der Waals surface area contributed by atoms with Crippen molar-refractivity contribution in [1.29, 1.82) is 0 Å². The Bertz CT molecular complexity index is 311. The minimum atomic E-state index is -0.927. The zero-order chi connectivity index (χ0) is 15.8. The van der Waals surface area contributed by atoms with Gasteiger partial charge in [-0.15, -0.1) is 0 Å². The number of aliphatic carboxylic acids is 1. The van der Waals surface area contributed by atoms with Gasteiger partial charge < -0.3 is 19.5 Å². The highest BCUT2D eigenvalue weighted by molar-refractivity contribution is 5.72. The summed E-state index contributed by atoms with van der Waals surface area (Å²) in [5.74, 6) is -1.56. The number of amides is 1. The lowest BCUT2D eigenvalue weighted by molar-refractivity contribution is -0.141. The number of hydrogen-bond donors (Lipinski definition) is 1. The molecular weight excluding hydrogens is 262 g/mol. The number of carboxylic acids is 1. The molecule has 1 atom stereocenters. The third-order valence-corrected chi connectivity index (χ3v) is 2.49. The Hall–Kier alpha value is -1.30. The van der Waals surface area contributed by atoms with Gasteiger partial charge in [-0.25, -0.2) is 4.79 Å². The van der Waals surface area contributed by atoms with E-state index in [0.29, 0.717) is 26.2 Å². The zero-order valence-electron chi connectivity index (χ0n) is 13.1. The first-order valence-corrected chi connectivity index (χ1v) is 6.95. The molecule has 20 heavy (non-hydrogen) atoms. The fourth-order valence-electron chi connectivity index (χ4n) is 1.49. The summed E-state index contributed by atoms with van der Waals surface area (Å²) in [5, 5.41) is 8.95. The molecule has 0 aliphatic carbocycles. The summed E-state index contributed by atoms with van der Waals surface area (Å²) in [5.41, 5.74) is -0.596. The highest BCUT2D eigenvalue weighted by atomic mass is 16.6. The molecule has 0 aromatic rings. The first-order valence-electron chi connectivity index (χ1n) is 6.95. The van der Waals surface area contributed by atoms with Gasteiger partial charge in [0.25, 0.3) is 0 Å². The average Bonchev–Trinajstić information content (AvgIpc) is 2.30. The highest BCUT2D eigenvalue weighted by Gasteiger charge is 2.25. The molecule has 0 aromatic carbocycles. The van der Waals surface area contributed by atoms with Gasteiger partial charge in [-0.2, -0.15) is 0 Å². The van der Waals surface area contributed by atoms with E-state index >= 15 is 0 Å². The van der Waals surface area contributed by atoms with E-state index < -0.39 is 23.6 Å². The summed E-state index contributed by atoms with van der Waals surface area (Å²) < 4.78 is 10.5. The lowest BCUT2D eigenvalue weighted by Crippen LogP contribution is -2.41. The van der Waals surface area contributed by atoms with Crippen LogP contribution in [0.5, 0.6) is 0 Å². The summed E-state index contributed by atoms with van der Waals surface area (Å²) in [4.78, 5) is 24.4. The van der Waals surface area contributed by atoms with Gasteiger partial charge in [0, 0.05) is 26.3 Å². The average molecular weight is 289 g/mol. The molecule has 6 nitrogen and oxygen atoms in total. The summed E-state index contributed by atoms with van der Waals surface area (Å²) >= 11 is 0. The van der Waals surface area contributed by atoms with Crippen LogP contribution in [0.2, 0.25) is 0 Å². The van der Waals surface area contributed by atoms with Crippen LogP contribution in [0.25, 0.3) is 0 Å². The van der Waals surface area contributed by atoms with Gasteiger partial charge >= 0.3 is 12.1 Å². The smallest absolute Gasteiger partial charge is 0.410 e. The number of hydrogen-bond acceptors (Lipinski definition) is 4. The number of carboxylic acid groups (broad SMARTS) is 1. The van der Waals surface area contributed by atoms with E-state index in [0.717, 1.165) is 0 Å². The lowest BCUT2D eigenvalue weighted by Gasteiger charge is -2.28. The summed E-state index contributed by atoms with van der Waals surface area (Å²) in [6, 6.07) is 0. The van der Waals surface area contributed by atoms with Gasteiger partial charge in [-0.1, -0.05) is 6.92 Å². The van der Waals surface area contributed by atoms with Gasteiger partial charge in [0.05, 0.1) is 5.92 Å². The third kappa shape index (κ3) is 8.74. The molecule has 0 aliphatic rings. The summed E-state index contributed by atoms with van der Waals surface area (Å²) in [6.07, 6.45) is 0.168. The Kier molecular flexibility index (Phi) is 8.22. The van der Waals surface area contributed by atoms with Crippen LogP contribution in [0.4, 0.5) is 4.79 Å². The maximum absolute atomic E-state index is 12.1. The highest BCUT2D eigenvalue weighted by Crippen LogP contribution is 2.12. The van der Waals surface area contributed by atoms with Crippen LogP contribution in [-0.2, 0) is 14.3 Å². The van der Waals surface area contributed by atoms with Crippen LogP contribution < -0.4 is 0 Å². The molecule has 0 radical (unpaired) electrons. The molecule has 0 saturated heterocycles. The van der Waals surface area contributed by atoms with Crippen LogP contribution in [0.1, 0.15) is 41.0 Å². The molecule has 0 rings (SSSR count). The van der Waals surface area contributed by atoms with Gasteiger partial charge in [0.2, 0.25) is 0 Å². The lowest BCUT2D eigenvalue weighted by atomic mass is 10.1. The van der Waals surface area contributed by atoms with Crippen molar-refractivity contribution in [1.82, 2.24) is 4.90 Å². The van der Waals surface area contributed by atoms with Crippen molar-refractivity contribution >= 4 is 12.1 Å². The van der Waals surface area contributed by atoms with Crippen LogP contribution >= 0.6 is 0 Å². The Morgan fingerprint density at radius 3 is 2.35 bits per heavy atom. The van der Waals surface area contributed by atoms with Gasteiger partial charge in [0.1, 0.15) is 5.60 Å². The van der Waals surface area contributed by atoms with Crippen molar-refractivity contribution in [3.63, 3.8) is 0 Å². The number of rotatable bonds is 8. The monoisotopic (exact) mass is 289 g/mol.